The number of hydrogen-bond acceptors (Lipinski definition) is 8. The summed E-state index contributed by atoms with van der Waals surface area (Å²) in [6.45, 7) is 13.8. The lowest BCUT2D eigenvalue weighted by atomic mass is 9.51. The number of halogens is 4. The van der Waals surface area contributed by atoms with Gasteiger partial charge in [0.2, 0.25) is 5.91 Å². The fourth-order valence-corrected chi connectivity index (χ4v) is 9.44. The minimum atomic E-state index is -1.93. The van der Waals surface area contributed by atoms with E-state index in [9.17, 15) is 37.1 Å². The van der Waals surface area contributed by atoms with Crippen LogP contribution in [0.4, 0.5) is 23.2 Å². The van der Waals surface area contributed by atoms with Gasteiger partial charge >= 0.3 is 0 Å². The first kappa shape index (κ1) is 42.5. The Bertz CT molecular complexity index is 2460. The molecule has 2 fully saturated rings. The van der Waals surface area contributed by atoms with E-state index in [1.54, 1.807) is 26.0 Å². The minimum Gasteiger partial charge on any atom is -0.506 e. The van der Waals surface area contributed by atoms with E-state index in [-0.39, 0.29) is 46.8 Å². The molecule has 6 aliphatic rings. The highest BCUT2D eigenvalue weighted by molar-refractivity contribution is 6.19. The van der Waals surface area contributed by atoms with Crippen molar-refractivity contribution in [2.45, 2.75) is 116 Å². The zero-order chi connectivity index (χ0) is 43.9. The minimum absolute atomic E-state index is 0.0519. The number of benzene rings is 2. The number of allylic oxidation sites excluding steroid dienone is 5. The first-order valence-electron chi connectivity index (χ1n) is 19.8. The SMILES string of the molecule is CC(C)=CCCC1(C)C=Cc2c(O)c3c(c(CC=C(C)C)c2O1)OC12C(=CC4CC1C(C)(C)OC2(CC=C(C)C(=O)NCc1c(F)c(F)c(N=[N+]=[N-])c(F)c1F)C4=O)C3=O. The van der Waals surface area contributed by atoms with Gasteiger partial charge in [0.15, 0.2) is 46.0 Å². The molecule has 5 atom stereocenters. The number of azide groups is 1. The summed E-state index contributed by atoms with van der Waals surface area (Å²) in [6, 6.07) is 0. The predicted octanol–water partition coefficient (Wildman–Crippen LogP) is 9.97. The number of carbonyl (C=O) groups excluding carboxylic acids is 3. The third-order valence-corrected chi connectivity index (χ3v) is 12.4. The maximum Gasteiger partial charge on any atom is 0.246 e. The van der Waals surface area contributed by atoms with Gasteiger partial charge in [-0.15, -0.1) is 0 Å². The predicted molar refractivity (Wildman–Crippen MR) is 214 cm³/mol. The van der Waals surface area contributed by atoms with Crippen LogP contribution in [0.2, 0.25) is 0 Å². The monoisotopic (exact) mass is 830 g/mol. The molecule has 3 heterocycles. The molecule has 1 amide bonds. The van der Waals surface area contributed by atoms with Crippen LogP contribution in [0.25, 0.3) is 16.5 Å². The third kappa shape index (κ3) is 6.35. The number of phenols is 1. The Morgan fingerprint density at radius 3 is 2.27 bits per heavy atom. The average molecular weight is 831 g/mol. The van der Waals surface area contributed by atoms with E-state index in [4.69, 9.17) is 19.7 Å². The largest absolute Gasteiger partial charge is 0.506 e. The van der Waals surface area contributed by atoms with E-state index >= 15 is 0 Å². The Labute approximate surface area is 344 Å². The van der Waals surface area contributed by atoms with E-state index in [0.29, 0.717) is 29.7 Å². The third-order valence-electron chi connectivity index (χ3n) is 12.4. The molecule has 8 rings (SSSR count). The van der Waals surface area contributed by atoms with Crippen molar-refractivity contribution in [1.29, 1.82) is 0 Å². The molecule has 2 aromatic rings. The summed E-state index contributed by atoms with van der Waals surface area (Å²) in [4.78, 5) is 45.2. The zero-order valence-corrected chi connectivity index (χ0v) is 34.6. The van der Waals surface area contributed by atoms with Gasteiger partial charge in [-0.1, -0.05) is 40.6 Å². The highest BCUT2D eigenvalue weighted by atomic mass is 19.2. The molecule has 11 nitrogen and oxygen atoms in total. The van der Waals surface area contributed by atoms with Crippen LogP contribution in [0, 0.1) is 35.1 Å². The zero-order valence-electron chi connectivity index (χ0n) is 34.6. The second-order valence-electron chi connectivity index (χ2n) is 17.4. The molecule has 1 saturated carbocycles. The number of ketones is 2. The van der Waals surface area contributed by atoms with Crippen molar-refractivity contribution in [3.63, 3.8) is 0 Å². The molecule has 60 heavy (non-hydrogen) atoms. The molecule has 5 unspecified atom stereocenters. The number of Topliss-reactive ketones (excluding diaryl/α,β-unsaturated/α-hetero) is 2. The number of aromatic hydroxyl groups is 1. The number of nitrogens with zero attached hydrogens (tertiary/aromatic N) is 3. The van der Waals surface area contributed by atoms with Gasteiger partial charge in [-0.05, 0) is 98.8 Å². The summed E-state index contributed by atoms with van der Waals surface area (Å²) >= 11 is 0. The highest BCUT2D eigenvalue weighted by Gasteiger charge is 2.81. The van der Waals surface area contributed by atoms with E-state index in [0.717, 1.165) is 17.6 Å². The number of amides is 1. The number of nitrogens with one attached hydrogen (secondary N) is 1. The Morgan fingerprint density at radius 2 is 1.63 bits per heavy atom. The van der Waals surface area contributed by atoms with Crippen molar-refractivity contribution < 1.29 is 51.3 Å². The van der Waals surface area contributed by atoms with Crippen molar-refractivity contribution in [1.82, 2.24) is 5.32 Å². The van der Waals surface area contributed by atoms with Crippen LogP contribution in [0.5, 0.6) is 17.2 Å². The van der Waals surface area contributed by atoms with Crippen LogP contribution >= 0.6 is 0 Å². The van der Waals surface area contributed by atoms with Crippen molar-refractivity contribution in [2.75, 3.05) is 0 Å². The van der Waals surface area contributed by atoms with Gasteiger partial charge in [0.1, 0.15) is 34.1 Å². The van der Waals surface area contributed by atoms with Crippen LogP contribution in [0.1, 0.15) is 108 Å². The lowest BCUT2D eigenvalue weighted by Gasteiger charge is -2.56. The maximum atomic E-state index is 15.0. The second-order valence-corrected chi connectivity index (χ2v) is 17.4. The van der Waals surface area contributed by atoms with Crippen molar-refractivity contribution in [3.05, 3.63) is 109 Å². The molecule has 3 aliphatic carbocycles. The Kier molecular flexibility index (Phi) is 10.5. The van der Waals surface area contributed by atoms with Gasteiger partial charge in [0.05, 0.1) is 11.2 Å². The van der Waals surface area contributed by atoms with Crippen LogP contribution in [0.3, 0.4) is 0 Å². The number of ether oxygens (including phenoxy) is 3. The molecule has 3 aliphatic heterocycles. The Hall–Kier alpha value is -5.66. The van der Waals surface area contributed by atoms with Gasteiger partial charge in [0.25, 0.3) is 0 Å². The lowest BCUT2D eigenvalue weighted by Crippen LogP contribution is -2.72. The fraction of sp³-hybridized carbons (Fsp3) is 0.444. The standard InChI is InChI=1S/C45H46F4N4O7/c1-21(2)10-9-15-43(8)16-14-25-36(54)30-37(55)28-18-24-19-29-42(6,7)60-44(40(24)56,45(28,29)59-39(30)26(38(25)58-43)12-11-22(3)4)17-13-23(5)41(57)51-20-27-31(46)33(48)35(52-53-50)34(49)32(27)47/h10-11,13-14,16,18,24,29,54H,9,12,15,17,19-20H2,1-8H3,(H,51,57). The van der Waals surface area contributed by atoms with Gasteiger partial charge in [-0.25, -0.2) is 17.6 Å². The molecule has 0 radical (unpaired) electrons. The summed E-state index contributed by atoms with van der Waals surface area (Å²) in [7, 11) is 0. The van der Waals surface area contributed by atoms with Gasteiger partial charge in [-0.3, -0.25) is 14.4 Å². The topological polar surface area (TPSA) is 160 Å². The molecular formula is C45H46F4N4O7. The second kappa shape index (κ2) is 14.8. The summed E-state index contributed by atoms with van der Waals surface area (Å²) in [5.41, 5.74) is 3.55. The molecule has 15 heteroatoms. The average Bonchev–Trinajstić information content (AvgIpc) is 3.34. The molecule has 4 bridgehead atoms. The molecule has 0 aromatic heterocycles. The highest BCUT2D eigenvalue weighted by Crippen LogP contribution is 2.68. The smallest absolute Gasteiger partial charge is 0.246 e. The molecule has 1 saturated heterocycles. The first-order chi connectivity index (χ1) is 28.1. The normalized spacial score (nSPS) is 26.5. The van der Waals surface area contributed by atoms with E-state index in [2.05, 4.69) is 21.4 Å². The Balaban J connectivity index is 1.30. The van der Waals surface area contributed by atoms with Crippen molar-refractivity contribution in [2.24, 2.45) is 17.0 Å². The molecule has 2 N–H and O–H groups in total. The molecule has 2 aromatic carbocycles. The van der Waals surface area contributed by atoms with Crippen molar-refractivity contribution in [3.8, 4) is 17.2 Å². The van der Waals surface area contributed by atoms with Gasteiger partial charge in [-0.2, -0.15) is 0 Å². The number of phenolic OH excluding ortho intramolecular Hbond substituents is 1. The number of carbonyl (C=O) groups is 3. The maximum absolute atomic E-state index is 15.0. The summed E-state index contributed by atoms with van der Waals surface area (Å²) < 4.78 is 79.1. The van der Waals surface area contributed by atoms with E-state index in [1.165, 1.54) is 13.0 Å². The fourth-order valence-electron chi connectivity index (χ4n) is 9.44. The van der Waals surface area contributed by atoms with Gasteiger partial charge in [0, 0.05) is 52.0 Å². The van der Waals surface area contributed by atoms with E-state index < -0.39 is 87.0 Å². The molecular weight excluding hydrogens is 785 g/mol. The van der Waals surface area contributed by atoms with Crippen LogP contribution in [-0.4, -0.2) is 45.0 Å². The first-order valence-corrected chi connectivity index (χ1v) is 19.8. The number of fused-ring (bicyclic) bond motifs is 2. The van der Waals surface area contributed by atoms with Crippen LogP contribution < -0.4 is 14.8 Å². The van der Waals surface area contributed by atoms with Crippen LogP contribution in [0.15, 0.2) is 57.8 Å². The quantitative estimate of drug-likeness (QED) is 0.0434. The summed E-state index contributed by atoms with van der Waals surface area (Å²) in [5.74, 6) is -10.5. The van der Waals surface area contributed by atoms with Crippen LogP contribution in [-0.2, 0) is 27.3 Å². The van der Waals surface area contributed by atoms with Crippen molar-refractivity contribution >= 4 is 29.2 Å². The number of rotatable bonds is 11. The van der Waals surface area contributed by atoms with Gasteiger partial charge < -0.3 is 24.6 Å². The summed E-state index contributed by atoms with van der Waals surface area (Å²) in [6.07, 6.45) is 12.3. The number of hydrogen-bond donors (Lipinski definition) is 2. The molecule has 316 valence electrons. The Morgan fingerprint density at radius 1 is 0.967 bits per heavy atom. The molecule has 1 spiro atoms. The lowest BCUT2D eigenvalue weighted by molar-refractivity contribution is -0.171. The van der Waals surface area contributed by atoms with E-state index in [1.807, 2.05) is 46.8 Å². The summed E-state index contributed by atoms with van der Waals surface area (Å²) in [5, 5.41) is 16.8.